The number of hydrogen-bond acceptors (Lipinski definition) is 4. The van der Waals surface area contributed by atoms with Crippen LogP contribution in [0, 0.1) is 5.92 Å². The standard InChI is InChI=1S/C21H22N2O4.Na/c1-14(2)13-17(18(24)25)23-19(26)21(22-20(23)27,15-9-5-3-6-10-15)16-11-7-4-8-12-16;/h3-12,14,17H,13H2,1-2H3,(H,22,27)(H,24,25);/q;+1/p-1. The van der Waals surface area contributed by atoms with E-state index in [-0.39, 0.29) is 41.9 Å². The fourth-order valence-corrected chi connectivity index (χ4v) is 3.52. The van der Waals surface area contributed by atoms with Gasteiger partial charge in [-0.2, -0.15) is 0 Å². The number of carboxylic acid groups (broad SMARTS) is 1. The SMILES string of the molecule is CC(C)CC(C(=O)[O-])N1C(=O)NC(c2ccccc2)(c2ccccc2)C1=O.[Na+]. The van der Waals surface area contributed by atoms with E-state index in [4.69, 9.17) is 0 Å². The number of rotatable bonds is 6. The van der Waals surface area contributed by atoms with Crippen LogP contribution in [-0.4, -0.2) is 28.8 Å². The second-order valence-electron chi connectivity index (χ2n) is 7.05. The van der Waals surface area contributed by atoms with Crippen LogP contribution in [0.3, 0.4) is 0 Å². The topological polar surface area (TPSA) is 89.5 Å². The van der Waals surface area contributed by atoms with Gasteiger partial charge in [-0.15, -0.1) is 0 Å². The van der Waals surface area contributed by atoms with Crippen LogP contribution >= 0.6 is 0 Å². The molecule has 1 N–H and O–H groups in total. The molecule has 140 valence electrons. The molecule has 0 aliphatic carbocycles. The molecule has 7 heteroatoms. The molecule has 28 heavy (non-hydrogen) atoms. The molecule has 1 saturated heterocycles. The maximum atomic E-state index is 13.5. The molecule has 2 aromatic carbocycles. The van der Waals surface area contributed by atoms with Gasteiger partial charge in [-0.25, -0.2) is 4.79 Å². The molecule has 0 aromatic heterocycles. The molecule has 0 saturated carbocycles. The first-order valence-corrected chi connectivity index (χ1v) is 8.85. The Morgan fingerprint density at radius 3 is 1.86 bits per heavy atom. The molecular formula is C21H21N2NaO4. The van der Waals surface area contributed by atoms with Gasteiger partial charge in [-0.1, -0.05) is 74.5 Å². The van der Waals surface area contributed by atoms with Crippen LogP contribution < -0.4 is 40.0 Å². The number of nitrogens with one attached hydrogen (secondary N) is 1. The number of imide groups is 1. The molecular weight excluding hydrogens is 367 g/mol. The number of hydrogen-bond donors (Lipinski definition) is 1. The van der Waals surface area contributed by atoms with Crippen molar-refractivity contribution in [2.24, 2.45) is 5.92 Å². The fraction of sp³-hybridized carbons (Fsp3) is 0.286. The first-order chi connectivity index (χ1) is 12.9. The van der Waals surface area contributed by atoms with Crippen LogP contribution in [0.1, 0.15) is 31.4 Å². The van der Waals surface area contributed by atoms with Gasteiger partial charge in [0.05, 0.1) is 12.0 Å². The molecule has 6 nitrogen and oxygen atoms in total. The molecule has 2 aromatic rings. The van der Waals surface area contributed by atoms with E-state index in [0.29, 0.717) is 11.1 Å². The Morgan fingerprint density at radius 2 is 1.46 bits per heavy atom. The van der Waals surface area contributed by atoms with E-state index in [9.17, 15) is 19.5 Å². The third-order valence-electron chi connectivity index (χ3n) is 4.74. The number of benzene rings is 2. The summed E-state index contributed by atoms with van der Waals surface area (Å²) in [5.74, 6) is -2.08. The van der Waals surface area contributed by atoms with Crippen molar-refractivity contribution in [2.45, 2.75) is 31.8 Å². The van der Waals surface area contributed by atoms with Gasteiger partial charge in [0, 0.05) is 0 Å². The van der Waals surface area contributed by atoms with E-state index in [1.54, 1.807) is 48.5 Å². The Kier molecular flexibility index (Phi) is 7.04. The molecule has 3 amide bonds. The van der Waals surface area contributed by atoms with Gasteiger partial charge in [-0.05, 0) is 23.5 Å². The van der Waals surface area contributed by atoms with Crippen LogP contribution in [0.15, 0.2) is 60.7 Å². The summed E-state index contributed by atoms with van der Waals surface area (Å²) >= 11 is 0. The minimum Gasteiger partial charge on any atom is -0.548 e. The predicted octanol–water partition coefficient (Wildman–Crippen LogP) is -1.35. The summed E-state index contributed by atoms with van der Waals surface area (Å²) in [6.07, 6.45) is 0.126. The average molecular weight is 388 g/mol. The first kappa shape index (κ1) is 22.1. The van der Waals surface area contributed by atoms with Crippen LogP contribution in [-0.2, 0) is 15.1 Å². The average Bonchev–Trinajstić information content (AvgIpc) is 2.92. The molecule has 0 bridgehead atoms. The summed E-state index contributed by atoms with van der Waals surface area (Å²) < 4.78 is 0. The van der Waals surface area contributed by atoms with Crippen molar-refractivity contribution in [2.75, 3.05) is 0 Å². The molecule has 0 radical (unpaired) electrons. The Bertz CT molecular complexity index is 816. The summed E-state index contributed by atoms with van der Waals surface area (Å²) in [6.45, 7) is 3.66. The van der Waals surface area contributed by atoms with Crippen molar-refractivity contribution in [3.63, 3.8) is 0 Å². The maximum absolute atomic E-state index is 13.5. The Hall–Kier alpha value is -2.15. The van der Waals surface area contributed by atoms with Crippen LogP contribution in [0.5, 0.6) is 0 Å². The van der Waals surface area contributed by atoms with E-state index in [1.807, 2.05) is 26.0 Å². The van der Waals surface area contributed by atoms with Gasteiger partial charge in [0.1, 0.15) is 0 Å². The Balaban J connectivity index is 0.00000280. The van der Waals surface area contributed by atoms with Crippen molar-refractivity contribution in [3.8, 4) is 0 Å². The third kappa shape index (κ3) is 3.85. The van der Waals surface area contributed by atoms with Crippen LogP contribution in [0.2, 0.25) is 0 Å². The van der Waals surface area contributed by atoms with Crippen LogP contribution in [0.4, 0.5) is 4.79 Å². The van der Waals surface area contributed by atoms with Gasteiger partial charge >= 0.3 is 35.6 Å². The smallest absolute Gasteiger partial charge is 0.548 e. The number of aliphatic carboxylic acids is 1. The van der Waals surface area contributed by atoms with Crippen molar-refractivity contribution < 1.29 is 49.0 Å². The van der Waals surface area contributed by atoms with E-state index in [1.165, 1.54) is 0 Å². The zero-order valence-corrected chi connectivity index (χ0v) is 18.2. The normalized spacial score (nSPS) is 16.5. The second kappa shape index (κ2) is 8.90. The molecule has 1 heterocycles. The second-order valence-corrected chi connectivity index (χ2v) is 7.05. The zero-order valence-electron chi connectivity index (χ0n) is 16.2. The molecule has 0 spiro atoms. The van der Waals surface area contributed by atoms with Gasteiger partial charge in [-0.3, -0.25) is 9.69 Å². The summed E-state index contributed by atoms with van der Waals surface area (Å²) in [4.78, 5) is 38.8. The summed E-state index contributed by atoms with van der Waals surface area (Å²) in [6, 6.07) is 15.6. The van der Waals surface area contributed by atoms with Gasteiger partial charge < -0.3 is 15.2 Å². The van der Waals surface area contributed by atoms with Gasteiger partial charge in [0.15, 0.2) is 5.54 Å². The van der Waals surface area contributed by atoms with E-state index < -0.39 is 29.5 Å². The maximum Gasteiger partial charge on any atom is 1.00 e. The van der Waals surface area contributed by atoms with Gasteiger partial charge in [0.2, 0.25) is 0 Å². The molecule has 3 rings (SSSR count). The van der Waals surface area contributed by atoms with Crippen LogP contribution in [0.25, 0.3) is 0 Å². The van der Waals surface area contributed by atoms with Crippen molar-refractivity contribution >= 4 is 17.9 Å². The monoisotopic (exact) mass is 388 g/mol. The van der Waals surface area contributed by atoms with E-state index in [2.05, 4.69) is 5.32 Å². The molecule has 1 atom stereocenters. The van der Waals surface area contributed by atoms with E-state index in [0.717, 1.165) is 4.90 Å². The summed E-state index contributed by atoms with van der Waals surface area (Å²) in [7, 11) is 0. The number of urea groups is 1. The predicted molar refractivity (Wildman–Crippen MR) is 97.3 cm³/mol. The number of carbonyl (C=O) groups is 3. The van der Waals surface area contributed by atoms with Gasteiger partial charge in [0.25, 0.3) is 5.91 Å². The van der Waals surface area contributed by atoms with Crippen molar-refractivity contribution in [1.82, 2.24) is 10.2 Å². The third-order valence-corrected chi connectivity index (χ3v) is 4.74. The summed E-state index contributed by atoms with van der Waals surface area (Å²) in [5, 5.41) is 14.5. The number of carbonyl (C=O) groups excluding carboxylic acids is 3. The Morgan fingerprint density at radius 1 is 1.00 bits per heavy atom. The zero-order chi connectivity index (χ0) is 19.6. The fourth-order valence-electron chi connectivity index (χ4n) is 3.52. The molecule has 1 fully saturated rings. The van der Waals surface area contributed by atoms with Crippen molar-refractivity contribution in [3.05, 3.63) is 71.8 Å². The largest absolute Gasteiger partial charge is 1.00 e. The molecule has 1 aliphatic heterocycles. The number of nitrogens with zero attached hydrogens (tertiary/aromatic N) is 1. The quantitative estimate of drug-likeness (QED) is 0.490. The number of carboxylic acids is 1. The molecule has 1 unspecified atom stereocenters. The minimum atomic E-state index is -1.47. The minimum absolute atomic E-state index is 0. The first-order valence-electron chi connectivity index (χ1n) is 8.85. The van der Waals surface area contributed by atoms with E-state index >= 15 is 0 Å². The Labute approximate surface area is 186 Å². The summed E-state index contributed by atoms with van der Waals surface area (Å²) in [5.41, 5.74) is -0.332. The number of amides is 3. The molecule has 1 aliphatic rings. The van der Waals surface area contributed by atoms with Crippen molar-refractivity contribution in [1.29, 1.82) is 0 Å².